The van der Waals surface area contributed by atoms with E-state index in [0.717, 1.165) is 24.1 Å². The lowest BCUT2D eigenvalue weighted by atomic mass is 10.1. The van der Waals surface area contributed by atoms with E-state index in [0.29, 0.717) is 0 Å². The Kier molecular flexibility index (Phi) is 7.77. The number of carbonyl (C=O) groups excluding carboxylic acids is 2. The van der Waals surface area contributed by atoms with Crippen molar-refractivity contribution in [3.8, 4) is 23.1 Å². The number of amides is 1. The van der Waals surface area contributed by atoms with Crippen molar-refractivity contribution in [1.82, 2.24) is 14.9 Å². The summed E-state index contributed by atoms with van der Waals surface area (Å²) in [6.07, 6.45) is -12.0. The molecular formula is C21H18F6N6O4. The fourth-order valence-corrected chi connectivity index (χ4v) is 3.55. The molecule has 1 saturated heterocycles. The zero-order valence-electron chi connectivity index (χ0n) is 18.9. The van der Waals surface area contributed by atoms with Gasteiger partial charge in [0, 0.05) is 37.8 Å². The normalized spacial score (nSPS) is 15.6. The third kappa shape index (κ3) is 6.36. The van der Waals surface area contributed by atoms with Gasteiger partial charge in [-0.05, 0) is 18.2 Å². The first-order valence-corrected chi connectivity index (χ1v) is 10.4. The van der Waals surface area contributed by atoms with Crippen LogP contribution in [0.15, 0.2) is 24.3 Å². The zero-order valence-corrected chi connectivity index (χ0v) is 18.9. The molecule has 3 rings (SSSR count). The molecule has 37 heavy (non-hydrogen) atoms. The fourth-order valence-electron chi connectivity index (χ4n) is 3.55. The summed E-state index contributed by atoms with van der Waals surface area (Å²) >= 11 is 0. The van der Waals surface area contributed by atoms with Gasteiger partial charge in [-0.3, -0.25) is 9.69 Å². The molecule has 1 unspecified atom stereocenters. The maximum Gasteiger partial charge on any atom is 0.490 e. The van der Waals surface area contributed by atoms with Gasteiger partial charge in [-0.15, -0.1) is 0 Å². The Morgan fingerprint density at radius 1 is 1.08 bits per heavy atom. The minimum absolute atomic E-state index is 0.00579. The van der Waals surface area contributed by atoms with Crippen LogP contribution in [0.2, 0.25) is 0 Å². The highest BCUT2D eigenvalue weighted by atomic mass is 19.4. The number of piperazine rings is 1. The van der Waals surface area contributed by atoms with Crippen LogP contribution in [0, 0.1) is 11.3 Å². The van der Waals surface area contributed by atoms with Gasteiger partial charge in [0.05, 0.1) is 18.4 Å². The standard InChI is InChI=1S/C21H18F6N6O4/c1-36-14-3-2-11(8-12(14)20(22,23)24)13-9-16(31-15(10-28)30-13)32-4-6-33(7-5-32)18(17(29)34)37-19(35)21(25,26)27/h2-3,8-9,18H,4-7H2,1H3,(H2,29,34). The molecule has 1 aromatic heterocycles. The molecule has 1 aliphatic heterocycles. The molecule has 0 aliphatic carbocycles. The molecule has 1 atom stereocenters. The smallest absolute Gasteiger partial charge is 0.490 e. The largest absolute Gasteiger partial charge is 0.496 e. The SMILES string of the molecule is COc1ccc(-c2cc(N3CCN(C(OC(=O)C(F)(F)F)C(N)=O)CC3)nc(C#N)n2)cc1C(F)(F)F. The van der Waals surface area contributed by atoms with E-state index >= 15 is 0 Å². The van der Waals surface area contributed by atoms with E-state index in [2.05, 4.69) is 14.7 Å². The van der Waals surface area contributed by atoms with Gasteiger partial charge in [0.25, 0.3) is 5.91 Å². The highest BCUT2D eigenvalue weighted by Crippen LogP contribution is 2.38. The number of carbonyl (C=O) groups is 2. The first-order valence-electron chi connectivity index (χ1n) is 10.4. The number of methoxy groups -OCH3 is 1. The van der Waals surface area contributed by atoms with Crippen molar-refractivity contribution < 1.29 is 45.4 Å². The number of nitriles is 1. The lowest BCUT2D eigenvalue weighted by molar-refractivity contribution is -0.212. The number of esters is 1. The maximum absolute atomic E-state index is 13.4. The number of alkyl halides is 6. The Labute approximate surface area is 205 Å². The van der Waals surface area contributed by atoms with Crippen molar-refractivity contribution in [2.75, 3.05) is 38.2 Å². The van der Waals surface area contributed by atoms with Crippen LogP contribution >= 0.6 is 0 Å². The average Bonchev–Trinajstić information content (AvgIpc) is 2.85. The number of benzene rings is 1. The van der Waals surface area contributed by atoms with E-state index in [-0.39, 0.29) is 49.1 Å². The summed E-state index contributed by atoms with van der Waals surface area (Å²) in [7, 11) is 1.09. The summed E-state index contributed by atoms with van der Waals surface area (Å²) in [6.45, 7) is -0.127. The van der Waals surface area contributed by atoms with Gasteiger partial charge < -0.3 is 20.1 Å². The molecule has 2 aromatic rings. The number of halogens is 6. The number of nitrogens with two attached hydrogens (primary N) is 1. The third-order valence-electron chi connectivity index (χ3n) is 5.28. The fraction of sp³-hybridized carbons (Fsp3) is 0.381. The maximum atomic E-state index is 13.4. The number of ether oxygens (including phenoxy) is 2. The molecule has 0 spiro atoms. The number of primary amides is 1. The Balaban J connectivity index is 1.85. The third-order valence-corrected chi connectivity index (χ3v) is 5.28. The molecule has 1 fully saturated rings. The van der Waals surface area contributed by atoms with Crippen molar-refractivity contribution in [2.24, 2.45) is 5.73 Å². The molecule has 1 aliphatic rings. The van der Waals surface area contributed by atoms with Gasteiger partial charge >= 0.3 is 18.3 Å². The number of nitrogens with zero attached hydrogens (tertiary/aromatic N) is 5. The molecule has 1 aromatic carbocycles. The number of aromatic nitrogens is 2. The van der Waals surface area contributed by atoms with Crippen LogP contribution in [0.1, 0.15) is 11.4 Å². The van der Waals surface area contributed by atoms with Gasteiger partial charge in [0.1, 0.15) is 17.6 Å². The van der Waals surface area contributed by atoms with Crippen LogP contribution in [-0.4, -0.2) is 72.4 Å². The van der Waals surface area contributed by atoms with Crippen molar-refractivity contribution in [2.45, 2.75) is 18.6 Å². The first kappa shape index (κ1) is 27.5. The van der Waals surface area contributed by atoms with Crippen molar-refractivity contribution in [1.29, 1.82) is 5.26 Å². The molecule has 0 bridgehead atoms. The van der Waals surface area contributed by atoms with Crippen molar-refractivity contribution in [3.63, 3.8) is 0 Å². The molecule has 10 nitrogen and oxygen atoms in total. The molecule has 2 heterocycles. The summed E-state index contributed by atoms with van der Waals surface area (Å²) in [4.78, 5) is 33.5. The highest BCUT2D eigenvalue weighted by Gasteiger charge is 2.44. The van der Waals surface area contributed by atoms with Crippen LogP contribution in [-0.2, 0) is 20.5 Å². The number of rotatable bonds is 6. The molecule has 16 heteroatoms. The molecule has 0 saturated carbocycles. The Morgan fingerprint density at radius 3 is 2.24 bits per heavy atom. The second kappa shape index (κ2) is 10.5. The van der Waals surface area contributed by atoms with E-state index in [1.165, 1.54) is 12.1 Å². The highest BCUT2D eigenvalue weighted by molar-refractivity contribution is 5.83. The number of anilines is 1. The summed E-state index contributed by atoms with van der Waals surface area (Å²) in [6, 6.07) is 6.32. The lowest BCUT2D eigenvalue weighted by Gasteiger charge is -2.38. The lowest BCUT2D eigenvalue weighted by Crippen LogP contribution is -2.56. The quantitative estimate of drug-likeness (QED) is 0.438. The van der Waals surface area contributed by atoms with E-state index in [1.807, 2.05) is 0 Å². The van der Waals surface area contributed by atoms with Crippen molar-refractivity contribution in [3.05, 3.63) is 35.7 Å². The minimum atomic E-state index is -5.33. The summed E-state index contributed by atoms with van der Waals surface area (Å²) in [5.41, 5.74) is 4.09. The summed E-state index contributed by atoms with van der Waals surface area (Å²) in [5.74, 6) is -4.48. The Morgan fingerprint density at radius 2 is 1.73 bits per heavy atom. The van der Waals surface area contributed by atoms with Gasteiger partial charge in [0.2, 0.25) is 12.1 Å². The van der Waals surface area contributed by atoms with Crippen LogP contribution in [0.5, 0.6) is 5.75 Å². The van der Waals surface area contributed by atoms with Crippen LogP contribution < -0.4 is 15.4 Å². The number of hydrogen-bond donors (Lipinski definition) is 1. The molecule has 1 amide bonds. The van der Waals surface area contributed by atoms with E-state index in [9.17, 15) is 41.2 Å². The Hall–Kier alpha value is -4.13. The second-order valence-electron chi connectivity index (χ2n) is 7.64. The molecule has 198 valence electrons. The zero-order chi connectivity index (χ0) is 27.5. The predicted octanol–water partition coefficient (Wildman–Crippen LogP) is 2.08. The van der Waals surface area contributed by atoms with Gasteiger partial charge in [-0.2, -0.15) is 31.6 Å². The topological polar surface area (TPSA) is 135 Å². The monoisotopic (exact) mass is 532 g/mol. The van der Waals surface area contributed by atoms with Crippen LogP contribution in [0.3, 0.4) is 0 Å². The number of hydrogen-bond acceptors (Lipinski definition) is 9. The second-order valence-corrected chi connectivity index (χ2v) is 7.64. The Bertz CT molecular complexity index is 1220. The molecular weight excluding hydrogens is 514 g/mol. The molecule has 0 radical (unpaired) electrons. The minimum Gasteiger partial charge on any atom is -0.496 e. The van der Waals surface area contributed by atoms with Crippen LogP contribution in [0.25, 0.3) is 11.3 Å². The van der Waals surface area contributed by atoms with Gasteiger partial charge in [-0.1, -0.05) is 0 Å². The summed E-state index contributed by atoms with van der Waals surface area (Å²) < 4.78 is 87.0. The predicted molar refractivity (Wildman–Crippen MR) is 113 cm³/mol. The average molecular weight is 532 g/mol. The van der Waals surface area contributed by atoms with Crippen molar-refractivity contribution >= 4 is 17.7 Å². The van der Waals surface area contributed by atoms with Crippen LogP contribution in [0.4, 0.5) is 32.2 Å². The first-order chi connectivity index (χ1) is 17.2. The molecule has 2 N–H and O–H groups in total. The summed E-state index contributed by atoms with van der Waals surface area (Å²) in [5, 5.41) is 9.33. The van der Waals surface area contributed by atoms with Gasteiger partial charge in [0.15, 0.2) is 0 Å². The van der Waals surface area contributed by atoms with E-state index in [4.69, 9.17) is 10.5 Å². The van der Waals surface area contributed by atoms with Gasteiger partial charge in [-0.25, -0.2) is 14.8 Å². The van der Waals surface area contributed by atoms with E-state index < -0.39 is 41.8 Å². The van der Waals surface area contributed by atoms with E-state index in [1.54, 1.807) is 11.0 Å².